The molecule has 0 fully saturated rings. The monoisotopic (exact) mass is 273 g/mol. The van der Waals surface area contributed by atoms with Crippen LogP contribution in [0.3, 0.4) is 0 Å². The highest BCUT2D eigenvalue weighted by Crippen LogP contribution is 2.23. The lowest BCUT2D eigenvalue weighted by atomic mass is 10.2. The maximum Gasteiger partial charge on any atom is 0.241 e. The van der Waals surface area contributed by atoms with Gasteiger partial charge in [0.05, 0.1) is 6.04 Å². The van der Waals surface area contributed by atoms with Crippen molar-refractivity contribution in [3.63, 3.8) is 0 Å². The summed E-state index contributed by atoms with van der Waals surface area (Å²) in [6, 6.07) is 6.97. The first-order chi connectivity index (χ1) is 9.20. The van der Waals surface area contributed by atoms with Crippen molar-refractivity contribution in [1.82, 2.24) is 4.98 Å². The molecule has 0 saturated heterocycles. The lowest BCUT2D eigenvalue weighted by Crippen LogP contribution is -2.35. The number of rotatable bonds is 5. The van der Waals surface area contributed by atoms with E-state index in [2.05, 4.69) is 16.9 Å². The normalized spacial score (nSPS) is 11.8. The van der Waals surface area contributed by atoms with Crippen LogP contribution in [-0.4, -0.2) is 16.9 Å². The number of nitrogens with one attached hydrogen (secondary N) is 1. The average molecular weight is 273 g/mol. The fraction of sp³-hybridized carbons (Fsp3) is 0.143. The van der Waals surface area contributed by atoms with Crippen molar-refractivity contribution in [2.24, 2.45) is 5.73 Å². The summed E-state index contributed by atoms with van der Waals surface area (Å²) < 4.78 is 0. The number of nitrogens with zero attached hydrogens (tertiary/aromatic N) is 1. The van der Waals surface area contributed by atoms with Crippen molar-refractivity contribution < 1.29 is 4.79 Å². The number of hydrogen-bond acceptors (Lipinski definition) is 4. The van der Waals surface area contributed by atoms with Crippen LogP contribution in [0.4, 0.5) is 5.69 Å². The molecular formula is C14H15N3OS. The maximum atomic E-state index is 11.7. The Balaban J connectivity index is 2.03. The van der Waals surface area contributed by atoms with Crippen molar-refractivity contribution >= 4 is 22.9 Å². The zero-order valence-electron chi connectivity index (χ0n) is 10.4. The summed E-state index contributed by atoms with van der Waals surface area (Å²) in [6.45, 7) is 3.56. The summed E-state index contributed by atoms with van der Waals surface area (Å²) in [7, 11) is 0. The third kappa shape index (κ3) is 3.49. The smallest absolute Gasteiger partial charge is 0.241 e. The van der Waals surface area contributed by atoms with Crippen LogP contribution in [-0.2, 0) is 4.79 Å². The predicted octanol–water partition coefficient (Wildman–Crippen LogP) is 2.65. The van der Waals surface area contributed by atoms with Crippen molar-refractivity contribution in [3.8, 4) is 10.6 Å². The van der Waals surface area contributed by atoms with Crippen molar-refractivity contribution in [1.29, 1.82) is 0 Å². The highest BCUT2D eigenvalue weighted by molar-refractivity contribution is 7.13. The van der Waals surface area contributed by atoms with Crippen LogP contribution in [0.15, 0.2) is 48.5 Å². The van der Waals surface area contributed by atoms with E-state index in [0.29, 0.717) is 6.42 Å². The minimum atomic E-state index is -0.559. The number of nitrogens with two attached hydrogens (primary N) is 1. The van der Waals surface area contributed by atoms with Gasteiger partial charge in [0.1, 0.15) is 5.01 Å². The van der Waals surface area contributed by atoms with Gasteiger partial charge >= 0.3 is 0 Å². The van der Waals surface area contributed by atoms with E-state index in [1.165, 1.54) is 0 Å². The molecule has 4 nitrogen and oxygen atoms in total. The van der Waals surface area contributed by atoms with Crippen molar-refractivity contribution in [2.45, 2.75) is 12.5 Å². The molecule has 5 heteroatoms. The van der Waals surface area contributed by atoms with Crippen LogP contribution in [0.2, 0.25) is 0 Å². The Morgan fingerprint density at radius 1 is 1.47 bits per heavy atom. The number of benzene rings is 1. The number of carbonyl (C=O) groups excluding carboxylic acids is 1. The van der Waals surface area contributed by atoms with Crippen LogP contribution in [0.25, 0.3) is 10.6 Å². The molecule has 1 unspecified atom stereocenters. The quantitative estimate of drug-likeness (QED) is 0.823. The first kappa shape index (κ1) is 13.5. The molecule has 0 bridgehead atoms. The van der Waals surface area contributed by atoms with Gasteiger partial charge in [-0.25, -0.2) is 4.98 Å². The minimum absolute atomic E-state index is 0.207. The third-order valence-electron chi connectivity index (χ3n) is 2.59. The van der Waals surface area contributed by atoms with Crippen molar-refractivity contribution in [2.75, 3.05) is 5.32 Å². The zero-order valence-corrected chi connectivity index (χ0v) is 11.2. The Morgan fingerprint density at radius 3 is 2.79 bits per heavy atom. The van der Waals surface area contributed by atoms with Gasteiger partial charge in [-0.1, -0.05) is 6.08 Å². The van der Waals surface area contributed by atoms with E-state index < -0.39 is 6.04 Å². The highest BCUT2D eigenvalue weighted by Gasteiger charge is 2.11. The first-order valence-electron chi connectivity index (χ1n) is 5.88. The second kappa shape index (κ2) is 6.26. The molecule has 1 aromatic carbocycles. The molecular weight excluding hydrogens is 258 g/mol. The van der Waals surface area contributed by atoms with E-state index in [1.54, 1.807) is 23.6 Å². The molecule has 1 aromatic heterocycles. The Kier molecular flexibility index (Phi) is 4.43. The highest BCUT2D eigenvalue weighted by atomic mass is 32.1. The molecule has 0 saturated carbocycles. The van der Waals surface area contributed by atoms with E-state index in [1.807, 2.05) is 29.6 Å². The predicted molar refractivity (Wildman–Crippen MR) is 79.0 cm³/mol. The standard InChI is InChI=1S/C14H15N3OS/c1-2-3-12(15)13(18)17-11-6-4-10(5-7-11)14-16-8-9-19-14/h2,4-9,12H,1,3,15H2,(H,17,18). The van der Waals surface area contributed by atoms with Crippen LogP contribution >= 0.6 is 11.3 Å². The molecule has 2 rings (SSSR count). The van der Waals surface area contributed by atoms with E-state index in [9.17, 15) is 4.79 Å². The van der Waals surface area contributed by atoms with Gasteiger partial charge < -0.3 is 11.1 Å². The average Bonchev–Trinajstić information content (AvgIpc) is 2.94. The number of thiazole rings is 1. The molecule has 0 aliphatic heterocycles. The van der Waals surface area contributed by atoms with Gasteiger partial charge in [-0.2, -0.15) is 0 Å². The molecule has 0 aliphatic carbocycles. The summed E-state index contributed by atoms with van der Waals surface area (Å²) in [6.07, 6.45) is 3.86. The van der Waals surface area contributed by atoms with Gasteiger partial charge in [0.25, 0.3) is 0 Å². The Bertz CT molecular complexity index is 549. The molecule has 0 aliphatic rings. The van der Waals surface area contributed by atoms with Gasteiger partial charge in [-0.05, 0) is 30.7 Å². The Labute approximate surface area is 116 Å². The van der Waals surface area contributed by atoms with Crippen molar-refractivity contribution in [3.05, 3.63) is 48.5 Å². The molecule has 0 radical (unpaired) electrons. The van der Waals surface area contributed by atoms with Gasteiger partial charge in [0, 0.05) is 22.8 Å². The maximum absolute atomic E-state index is 11.7. The van der Waals surface area contributed by atoms with E-state index in [0.717, 1.165) is 16.3 Å². The van der Waals surface area contributed by atoms with Gasteiger partial charge in [0.15, 0.2) is 0 Å². The largest absolute Gasteiger partial charge is 0.325 e. The summed E-state index contributed by atoms with van der Waals surface area (Å²) in [5.74, 6) is -0.207. The second-order valence-electron chi connectivity index (χ2n) is 4.03. The molecule has 2 aromatic rings. The summed E-state index contributed by atoms with van der Waals surface area (Å²) in [5.41, 5.74) is 7.45. The summed E-state index contributed by atoms with van der Waals surface area (Å²) >= 11 is 1.58. The molecule has 3 N–H and O–H groups in total. The summed E-state index contributed by atoms with van der Waals surface area (Å²) in [4.78, 5) is 16.0. The number of hydrogen-bond donors (Lipinski definition) is 2. The Hall–Kier alpha value is -1.98. The molecule has 1 heterocycles. The second-order valence-corrected chi connectivity index (χ2v) is 4.93. The molecule has 98 valence electrons. The topological polar surface area (TPSA) is 68.0 Å². The molecule has 0 spiro atoms. The lowest BCUT2D eigenvalue weighted by molar-refractivity contribution is -0.117. The number of aromatic nitrogens is 1. The number of anilines is 1. The SMILES string of the molecule is C=CCC(N)C(=O)Nc1ccc(-c2nccs2)cc1. The molecule has 19 heavy (non-hydrogen) atoms. The van der Waals surface area contributed by atoms with Crippen LogP contribution in [0.1, 0.15) is 6.42 Å². The molecule has 1 amide bonds. The van der Waals surface area contributed by atoms with Gasteiger partial charge in [0.2, 0.25) is 5.91 Å². The fourth-order valence-electron chi connectivity index (χ4n) is 1.58. The van der Waals surface area contributed by atoms with Crippen LogP contribution in [0, 0.1) is 0 Å². The fourth-order valence-corrected chi connectivity index (χ4v) is 2.23. The van der Waals surface area contributed by atoms with E-state index in [-0.39, 0.29) is 5.91 Å². The molecule has 1 atom stereocenters. The van der Waals surface area contributed by atoms with E-state index >= 15 is 0 Å². The lowest BCUT2D eigenvalue weighted by Gasteiger charge is -2.10. The van der Waals surface area contributed by atoms with Gasteiger partial charge in [-0.3, -0.25) is 4.79 Å². The van der Waals surface area contributed by atoms with Crippen LogP contribution in [0.5, 0.6) is 0 Å². The first-order valence-corrected chi connectivity index (χ1v) is 6.76. The van der Waals surface area contributed by atoms with Gasteiger partial charge in [-0.15, -0.1) is 17.9 Å². The third-order valence-corrected chi connectivity index (χ3v) is 3.41. The number of amides is 1. The Morgan fingerprint density at radius 2 is 2.21 bits per heavy atom. The minimum Gasteiger partial charge on any atom is -0.325 e. The van der Waals surface area contributed by atoms with E-state index in [4.69, 9.17) is 5.73 Å². The zero-order chi connectivity index (χ0) is 13.7. The van der Waals surface area contributed by atoms with Crippen LogP contribution < -0.4 is 11.1 Å². The number of carbonyl (C=O) groups is 1. The summed E-state index contributed by atoms with van der Waals surface area (Å²) in [5, 5.41) is 5.66.